The smallest absolute Gasteiger partial charge is 0.235 e. The van der Waals surface area contributed by atoms with Crippen LogP contribution in [0.1, 0.15) is 36.8 Å². The van der Waals surface area contributed by atoms with E-state index in [1.54, 1.807) is 0 Å². The van der Waals surface area contributed by atoms with Gasteiger partial charge in [0.1, 0.15) is 0 Å². The Kier molecular flexibility index (Phi) is 3.97. The minimum atomic E-state index is 0.574. The Labute approximate surface area is 107 Å². The summed E-state index contributed by atoms with van der Waals surface area (Å²) in [6, 6.07) is 6.33. The summed E-state index contributed by atoms with van der Waals surface area (Å²) in [6.07, 6.45) is 1.78. The highest BCUT2D eigenvalue weighted by atomic mass is 16.4. The fourth-order valence-electron chi connectivity index (χ4n) is 1.94. The third-order valence-electron chi connectivity index (χ3n) is 2.97. The highest BCUT2D eigenvalue weighted by Gasteiger charge is 2.07. The van der Waals surface area contributed by atoms with Gasteiger partial charge in [-0.05, 0) is 24.5 Å². The van der Waals surface area contributed by atoms with Gasteiger partial charge in [0.25, 0.3) is 0 Å². The van der Waals surface area contributed by atoms with Crippen LogP contribution in [0.15, 0.2) is 22.6 Å². The van der Waals surface area contributed by atoms with E-state index >= 15 is 0 Å². The van der Waals surface area contributed by atoms with Crippen LogP contribution in [-0.2, 0) is 19.4 Å². The van der Waals surface area contributed by atoms with Crippen LogP contribution in [0.3, 0.4) is 0 Å². The van der Waals surface area contributed by atoms with E-state index in [0.29, 0.717) is 18.3 Å². The molecule has 0 atom stereocenters. The van der Waals surface area contributed by atoms with E-state index in [2.05, 4.69) is 47.6 Å². The number of nitrogens with zero attached hydrogens (tertiary/aromatic N) is 2. The first kappa shape index (κ1) is 12.6. The highest BCUT2D eigenvalue weighted by molar-refractivity contribution is 5.57. The summed E-state index contributed by atoms with van der Waals surface area (Å²) in [5.74, 6) is 1.32. The Morgan fingerprint density at radius 3 is 2.56 bits per heavy atom. The molecule has 0 saturated carbocycles. The maximum absolute atomic E-state index is 5.48. The number of benzene rings is 1. The van der Waals surface area contributed by atoms with E-state index in [4.69, 9.17) is 4.42 Å². The zero-order valence-electron chi connectivity index (χ0n) is 11.2. The Morgan fingerprint density at radius 2 is 1.89 bits per heavy atom. The van der Waals surface area contributed by atoms with Gasteiger partial charge < -0.3 is 9.73 Å². The van der Waals surface area contributed by atoms with Gasteiger partial charge in [-0.3, -0.25) is 0 Å². The fourth-order valence-corrected chi connectivity index (χ4v) is 1.94. The van der Waals surface area contributed by atoms with Gasteiger partial charge in [-0.2, -0.15) is 0 Å². The van der Waals surface area contributed by atoms with Crippen LogP contribution in [0.5, 0.6) is 0 Å². The van der Waals surface area contributed by atoms with E-state index < -0.39 is 0 Å². The molecule has 2 rings (SSSR count). The van der Waals surface area contributed by atoms with E-state index in [-0.39, 0.29) is 0 Å². The molecule has 1 aromatic carbocycles. The van der Waals surface area contributed by atoms with Crippen LogP contribution in [-0.4, -0.2) is 10.2 Å². The molecule has 2 aromatic rings. The van der Waals surface area contributed by atoms with Gasteiger partial charge in [-0.15, -0.1) is 10.2 Å². The van der Waals surface area contributed by atoms with E-state index in [1.165, 1.54) is 16.8 Å². The molecule has 1 heterocycles. The van der Waals surface area contributed by atoms with Crippen molar-refractivity contribution in [2.45, 2.75) is 40.2 Å². The molecule has 0 unspecified atom stereocenters. The van der Waals surface area contributed by atoms with Crippen molar-refractivity contribution in [3.63, 3.8) is 0 Å². The van der Waals surface area contributed by atoms with E-state index in [0.717, 1.165) is 12.8 Å². The summed E-state index contributed by atoms with van der Waals surface area (Å²) in [7, 11) is 0. The monoisotopic (exact) mass is 245 g/mol. The molecule has 4 heteroatoms. The van der Waals surface area contributed by atoms with Crippen molar-refractivity contribution < 1.29 is 4.42 Å². The number of hydrogen-bond acceptors (Lipinski definition) is 4. The lowest BCUT2D eigenvalue weighted by atomic mass is 10.1. The second kappa shape index (κ2) is 5.67. The number of hydrogen-bond donors (Lipinski definition) is 1. The molecule has 0 aliphatic heterocycles. The molecule has 0 amide bonds. The van der Waals surface area contributed by atoms with Crippen LogP contribution in [0.25, 0.3) is 0 Å². The van der Waals surface area contributed by atoms with Crippen molar-refractivity contribution in [1.29, 1.82) is 0 Å². The number of rotatable bonds is 5. The van der Waals surface area contributed by atoms with Gasteiger partial charge in [0, 0.05) is 12.1 Å². The van der Waals surface area contributed by atoms with Crippen LogP contribution in [0, 0.1) is 6.92 Å². The van der Waals surface area contributed by atoms with Crippen LogP contribution in [0.2, 0.25) is 0 Å². The summed E-state index contributed by atoms with van der Waals surface area (Å²) < 4.78 is 5.48. The van der Waals surface area contributed by atoms with Crippen molar-refractivity contribution >= 4 is 5.69 Å². The first-order valence-corrected chi connectivity index (χ1v) is 6.38. The van der Waals surface area contributed by atoms with Crippen molar-refractivity contribution in [1.82, 2.24) is 10.2 Å². The molecule has 4 nitrogen and oxygen atoms in total. The minimum Gasteiger partial charge on any atom is -0.423 e. The van der Waals surface area contributed by atoms with Gasteiger partial charge in [0.2, 0.25) is 11.8 Å². The largest absolute Gasteiger partial charge is 0.423 e. The van der Waals surface area contributed by atoms with Gasteiger partial charge in [-0.1, -0.05) is 32.0 Å². The third-order valence-corrected chi connectivity index (χ3v) is 2.97. The first-order chi connectivity index (χ1) is 8.74. The maximum Gasteiger partial charge on any atom is 0.235 e. The zero-order chi connectivity index (χ0) is 13.0. The number of nitrogens with one attached hydrogen (secondary N) is 1. The first-order valence-electron chi connectivity index (χ1n) is 6.38. The molecular formula is C14H19N3O. The summed E-state index contributed by atoms with van der Waals surface area (Å²) in [5, 5.41) is 11.4. The van der Waals surface area contributed by atoms with Gasteiger partial charge in [0.05, 0.1) is 6.54 Å². The Hall–Kier alpha value is -1.84. The van der Waals surface area contributed by atoms with Crippen molar-refractivity contribution in [2.24, 2.45) is 0 Å². The summed E-state index contributed by atoms with van der Waals surface area (Å²) in [4.78, 5) is 0. The summed E-state index contributed by atoms with van der Waals surface area (Å²) >= 11 is 0. The number of para-hydroxylation sites is 1. The molecule has 1 N–H and O–H groups in total. The zero-order valence-corrected chi connectivity index (χ0v) is 11.2. The van der Waals surface area contributed by atoms with Crippen LogP contribution < -0.4 is 5.32 Å². The van der Waals surface area contributed by atoms with Crippen molar-refractivity contribution in [2.75, 3.05) is 5.32 Å². The molecule has 96 valence electrons. The summed E-state index contributed by atoms with van der Waals surface area (Å²) in [5.41, 5.74) is 3.73. The molecule has 0 aliphatic carbocycles. The lowest BCUT2D eigenvalue weighted by molar-refractivity contribution is 0.460. The number of aryl methyl sites for hydroxylation is 3. The standard InChI is InChI=1S/C14H19N3O/c1-4-11-8-6-7-10(3)14(11)15-9-13-17-16-12(5-2)18-13/h6-8,15H,4-5,9H2,1-3H3. The Balaban J connectivity index is 2.10. The van der Waals surface area contributed by atoms with E-state index in [9.17, 15) is 0 Å². The van der Waals surface area contributed by atoms with Crippen LogP contribution in [0.4, 0.5) is 5.69 Å². The highest BCUT2D eigenvalue weighted by Crippen LogP contribution is 2.21. The average Bonchev–Trinajstić information content (AvgIpc) is 2.85. The quantitative estimate of drug-likeness (QED) is 0.879. The summed E-state index contributed by atoms with van der Waals surface area (Å²) in [6.45, 7) is 6.83. The number of aromatic nitrogens is 2. The predicted octanol–water partition coefficient (Wildman–Crippen LogP) is 3.11. The Bertz CT molecular complexity index is 520. The normalized spacial score (nSPS) is 10.6. The van der Waals surface area contributed by atoms with Gasteiger partial charge in [-0.25, -0.2) is 0 Å². The molecule has 0 bridgehead atoms. The van der Waals surface area contributed by atoms with Crippen molar-refractivity contribution in [3.05, 3.63) is 41.1 Å². The average molecular weight is 245 g/mol. The molecular weight excluding hydrogens is 226 g/mol. The Morgan fingerprint density at radius 1 is 1.11 bits per heavy atom. The minimum absolute atomic E-state index is 0.574. The SMILES string of the molecule is CCc1nnc(CNc2c(C)cccc2CC)o1. The predicted molar refractivity (Wildman–Crippen MR) is 71.6 cm³/mol. The molecule has 0 aliphatic rings. The van der Waals surface area contributed by atoms with E-state index in [1.807, 2.05) is 6.92 Å². The lowest BCUT2D eigenvalue weighted by Crippen LogP contribution is -2.04. The molecule has 18 heavy (non-hydrogen) atoms. The second-order valence-corrected chi connectivity index (χ2v) is 4.26. The fraction of sp³-hybridized carbons (Fsp3) is 0.429. The van der Waals surface area contributed by atoms with Crippen LogP contribution >= 0.6 is 0 Å². The second-order valence-electron chi connectivity index (χ2n) is 4.26. The molecule has 0 fully saturated rings. The van der Waals surface area contributed by atoms with Crippen molar-refractivity contribution in [3.8, 4) is 0 Å². The van der Waals surface area contributed by atoms with Gasteiger partial charge in [0.15, 0.2) is 0 Å². The molecule has 0 saturated heterocycles. The number of anilines is 1. The molecule has 1 aromatic heterocycles. The molecule has 0 spiro atoms. The third kappa shape index (κ3) is 2.70. The maximum atomic E-state index is 5.48. The molecule has 0 radical (unpaired) electrons. The van der Waals surface area contributed by atoms with Gasteiger partial charge >= 0.3 is 0 Å². The topological polar surface area (TPSA) is 51.0 Å². The lowest BCUT2D eigenvalue weighted by Gasteiger charge is -2.12.